The third-order valence-corrected chi connectivity index (χ3v) is 19.1. The molecule has 282 valence electrons. The standard InChI is InChI=1S/C41H48Cl3N3O5Si/c1-23(2)53(24(3)4,25(5)6)19-18-30-21-47(39-33(30)38(44)45-22-46-39)40-35(49)34(48)37(51-40)36(29-16-17-31(42)32(43)20-29)52-41(50)28-14-12-27(13-15-28)26-10-8-7-9-11-26/h7-15,21-25,29,31-32,34-37,40,48-49H,16-17,20H2,1-6H3/t29?,31?,32?,34-,35+,36+,37-,40+/m0/s1. The number of alkyl halides is 2. The molecule has 8 atom stereocenters. The van der Waals surface area contributed by atoms with E-state index in [4.69, 9.17) is 44.3 Å². The second-order valence-corrected chi connectivity index (χ2v) is 22.4. The van der Waals surface area contributed by atoms with E-state index in [-0.39, 0.29) is 21.8 Å². The number of aliphatic hydroxyl groups excluding tert-OH is 2. The van der Waals surface area contributed by atoms with Gasteiger partial charge in [0.15, 0.2) is 6.23 Å². The van der Waals surface area contributed by atoms with E-state index < -0.39 is 44.7 Å². The molecule has 12 heteroatoms. The van der Waals surface area contributed by atoms with E-state index in [1.54, 1.807) is 22.9 Å². The lowest BCUT2D eigenvalue weighted by atomic mass is 9.81. The van der Waals surface area contributed by atoms with Gasteiger partial charge in [0, 0.05) is 17.5 Å². The number of rotatable bonds is 9. The molecule has 53 heavy (non-hydrogen) atoms. The predicted octanol–water partition coefficient (Wildman–Crippen LogP) is 9.18. The van der Waals surface area contributed by atoms with Gasteiger partial charge in [-0.3, -0.25) is 0 Å². The first-order chi connectivity index (χ1) is 25.2. The van der Waals surface area contributed by atoms with Gasteiger partial charge in [-0.15, -0.1) is 28.7 Å². The first kappa shape index (κ1) is 39.7. The number of fused-ring (bicyclic) bond motifs is 1. The van der Waals surface area contributed by atoms with Crippen LogP contribution >= 0.6 is 34.8 Å². The predicted molar refractivity (Wildman–Crippen MR) is 214 cm³/mol. The molecule has 1 aliphatic carbocycles. The van der Waals surface area contributed by atoms with E-state index in [0.717, 1.165) is 11.1 Å². The Morgan fingerprint density at radius 3 is 2.17 bits per heavy atom. The highest BCUT2D eigenvalue weighted by molar-refractivity contribution is 6.90. The maximum atomic E-state index is 13.8. The van der Waals surface area contributed by atoms with Gasteiger partial charge in [-0.25, -0.2) is 14.8 Å². The number of ether oxygens (including phenoxy) is 2. The van der Waals surface area contributed by atoms with Gasteiger partial charge in [0.25, 0.3) is 0 Å². The molecule has 0 bridgehead atoms. The Balaban J connectivity index is 1.34. The Labute approximate surface area is 328 Å². The second kappa shape index (κ2) is 16.4. The molecule has 0 radical (unpaired) electrons. The first-order valence-corrected chi connectivity index (χ1v) is 21.9. The summed E-state index contributed by atoms with van der Waals surface area (Å²) in [5, 5.41) is 23.5. The highest BCUT2D eigenvalue weighted by Gasteiger charge is 2.52. The number of benzene rings is 2. The molecule has 0 spiro atoms. The second-order valence-electron chi connectivity index (χ2n) is 15.4. The summed E-state index contributed by atoms with van der Waals surface area (Å²) in [5.41, 5.74) is 8.34. The van der Waals surface area contributed by atoms with Crippen LogP contribution in [0.15, 0.2) is 67.1 Å². The normalized spacial score (nSPS) is 25.5. The average Bonchev–Trinajstić information content (AvgIpc) is 3.65. The van der Waals surface area contributed by atoms with Crippen molar-refractivity contribution in [1.82, 2.24) is 14.5 Å². The minimum atomic E-state index is -2.13. The van der Waals surface area contributed by atoms with Gasteiger partial charge in [0.1, 0.15) is 49.6 Å². The number of aromatic nitrogens is 3. The number of carbonyl (C=O) groups excluding carboxylic acids is 1. The number of aliphatic hydroxyl groups is 2. The van der Waals surface area contributed by atoms with Crippen LogP contribution in [-0.4, -0.2) is 74.0 Å². The first-order valence-electron chi connectivity index (χ1n) is 18.4. The highest BCUT2D eigenvalue weighted by atomic mass is 35.5. The Morgan fingerprint density at radius 1 is 0.906 bits per heavy atom. The van der Waals surface area contributed by atoms with Gasteiger partial charge in [0.05, 0.1) is 21.9 Å². The van der Waals surface area contributed by atoms with Crippen molar-refractivity contribution in [3.05, 3.63) is 83.4 Å². The molecule has 1 aliphatic heterocycles. The van der Waals surface area contributed by atoms with E-state index in [1.165, 1.54) is 6.33 Å². The third kappa shape index (κ3) is 7.79. The van der Waals surface area contributed by atoms with Crippen molar-refractivity contribution >= 4 is 59.9 Å². The van der Waals surface area contributed by atoms with Crippen LogP contribution in [0.1, 0.15) is 83.0 Å². The summed E-state index contributed by atoms with van der Waals surface area (Å²) in [6.07, 6.45) is -1.18. The molecular formula is C41H48Cl3N3O5Si. The largest absolute Gasteiger partial charge is 0.456 e. The molecule has 2 aromatic heterocycles. The number of hydrogen-bond donors (Lipinski definition) is 2. The summed E-state index contributed by atoms with van der Waals surface area (Å²) in [5.74, 6) is 2.61. The van der Waals surface area contributed by atoms with Crippen molar-refractivity contribution in [2.75, 3.05) is 0 Å². The Hall–Kier alpha value is -2.94. The van der Waals surface area contributed by atoms with Crippen LogP contribution in [0.2, 0.25) is 21.8 Å². The van der Waals surface area contributed by atoms with Gasteiger partial charge in [-0.2, -0.15) is 0 Å². The minimum Gasteiger partial charge on any atom is -0.456 e. The lowest BCUT2D eigenvalue weighted by molar-refractivity contribution is -0.110. The zero-order chi connectivity index (χ0) is 38.2. The summed E-state index contributed by atoms with van der Waals surface area (Å²) in [6, 6.07) is 17.1. The smallest absolute Gasteiger partial charge is 0.338 e. The van der Waals surface area contributed by atoms with E-state index in [0.29, 0.717) is 58.0 Å². The molecule has 1 saturated heterocycles. The third-order valence-electron chi connectivity index (χ3n) is 11.4. The molecule has 6 rings (SSSR count). The van der Waals surface area contributed by atoms with Gasteiger partial charge >= 0.3 is 5.97 Å². The number of esters is 1. The Morgan fingerprint density at radius 2 is 1.55 bits per heavy atom. The lowest BCUT2D eigenvalue weighted by Crippen LogP contribution is -2.47. The maximum Gasteiger partial charge on any atom is 0.338 e. The summed E-state index contributed by atoms with van der Waals surface area (Å²) >= 11 is 19.9. The van der Waals surface area contributed by atoms with E-state index in [1.807, 2.05) is 42.5 Å². The number of carbonyl (C=O) groups is 1. The van der Waals surface area contributed by atoms with Crippen LogP contribution in [0.4, 0.5) is 0 Å². The van der Waals surface area contributed by atoms with Crippen LogP contribution in [0.25, 0.3) is 22.2 Å². The summed E-state index contributed by atoms with van der Waals surface area (Å²) in [7, 11) is -2.13. The molecule has 2 aliphatic rings. The zero-order valence-corrected chi connectivity index (χ0v) is 34.2. The quantitative estimate of drug-likeness (QED) is 0.0572. The average molecular weight is 797 g/mol. The monoisotopic (exact) mass is 795 g/mol. The van der Waals surface area contributed by atoms with Gasteiger partial charge in [-0.1, -0.05) is 102 Å². The van der Waals surface area contributed by atoms with Crippen LogP contribution in [-0.2, 0) is 9.47 Å². The fourth-order valence-corrected chi connectivity index (χ4v) is 14.6. The van der Waals surface area contributed by atoms with Crippen molar-refractivity contribution < 1.29 is 24.5 Å². The minimum absolute atomic E-state index is 0.227. The molecule has 3 unspecified atom stereocenters. The van der Waals surface area contributed by atoms with Gasteiger partial charge in [0.2, 0.25) is 0 Å². The van der Waals surface area contributed by atoms with Crippen LogP contribution in [0.3, 0.4) is 0 Å². The zero-order valence-electron chi connectivity index (χ0n) is 30.9. The number of halogens is 3. The van der Waals surface area contributed by atoms with Crippen molar-refractivity contribution in [3.63, 3.8) is 0 Å². The molecule has 1 saturated carbocycles. The SMILES string of the molecule is CC(C)[Si](C#Cc1cn([C@@H]2O[C@H]([C@H](OC(=O)c3ccc(-c4ccccc4)cc3)C3CCC(Cl)C(Cl)C3)[C@@H](O)[C@H]2O)c2ncnc(Cl)c12)(C(C)C)C(C)C. The fraction of sp³-hybridized carbons (Fsp3) is 0.488. The van der Waals surface area contributed by atoms with Gasteiger partial charge in [-0.05, 0) is 59.1 Å². The Bertz CT molecular complexity index is 1940. The van der Waals surface area contributed by atoms with E-state index in [2.05, 4.69) is 63.0 Å². The van der Waals surface area contributed by atoms with Crippen LogP contribution in [0.5, 0.6) is 0 Å². The molecule has 8 nitrogen and oxygen atoms in total. The van der Waals surface area contributed by atoms with E-state index in [9.17, 15) is 15.0 Å². The maximum absolute atomic E-state index is 13.8. The molecule has 2 fully saturated rings. The van der Waals surface area contributed by atoms with Crippen LogP contribution < -0.4 is 0 Å². The Kier molecular flexibility index (Phi) is 12.3. The van der Waals surface area contributed by atoms with Crippen LogP contribution in [0, 0.1) is 17.4 Å². The number of hydrogen-bond acceptors (Lipinski definition) is 7. The van der Waals surface area contributed by atoms with Crippen molar-refractivity contribution in [3.8, 4) is 22.6 Å². The summed E-state index contributed by atoms with van der Waals surface area (Å²) in [4.78, 5) is 22.5. The molecule has 0 amide bonds. The molecule has 2 N–H and O–H groups in total. The number of nitrogens with zero attached hydrogens (tertiary/aromatic N) is 3. The fourth-order valence-electron chi connectivity index (χ4n) is 8.59. The van der Waals surface area contributed by atoms with Gasteiger partial charge < -0.3 is 24.3 Å². The van der Waals surface area contributed by atoms with E-state index >= 15 is 0 Å². The molecule has 4 aromatic rings. The highest BCUT2D eigenvalue weighted by Crippen LogP contribution is 2.43. The summed E-state index contributed by atoms with van der Waals surface area (Å²) in [6.45, 7) is 13.5. The molecular weight excluding hydrogens is 749 g/mol. The topological polar surface area (TPSA) is 107 Å². The van der Waals surface area contributed by atoms with Crippen molar-refractivity contribution in [2.45, 2.75) is 119 Å². The van der Waals surface area contributed by atoms with Crippen molar-refractivity contribution in [2.24, 2.45) is 5.92 Å². The van der Waals surface area contributed by atoms with Crippen molar-refractivity contribution in [1.29, 1.82) is 0 Å². The molecule has 2 aromatic carbocycles. The molecule has 3 heterocycles. The summed E-state index contributed by atoms with van der Waals surface area (Å²) < 4.78 is 14.4. The lowest BCUT2D eigenvalue weighted by Gasteiger charge is -2.38.